The van der Waals surface area contributed by atoms with Gasteiger partial charge in [-0.05, 0) is 12.5 Å². The van der Waals surface area contributed by atoms with Crippen LogP contribution in [0.1, 0.15) is 35.2 Å². The Kier molecular flexibility index (Phi) is 4.51. The second kappa shape index (κ2) is 6.33. The Morgan fingerprint density at radius 3 is 3.05 bits per heavy atom. The molecule has 0 atom stereocenters. The van der Waals surface area contributed by atoms with Crippen molar-refractivity contribution in [2.75, 3.05) is 12.3 Å². The van der Waals surface area contributed by atoms with Gasteiger partial charge in [0.05, 0.1) is 5.69 Å². The van der Waals surface area contributed by atoms with Crippen molar-refractivity contribution in [3.05, 3.63) is 28.5 Å². The molecular formula is C12H17N5OS. The van der Waals surface area contributed by atoms with Gasteiger partial charge in [-0.25, -0.2) is 4.98 Å². The summed E-state index contributed by atoms with van der Waals surface area (Å²) in [6.45, 7) is 2.61. The fraction of sp³-hybridized carbons (Fsp3) is 0.417. The molecule has 0 aromatic carbocycles. The Balaban J connectivity index is 1.80. The van der Waals surface area contributed by atoms with Crippen molar-refractivity contribution in [1.29, 1.82) is 0 Å². The highest BCUT2D eigenvalue weighted by Gasteiger charge is 2.09. The molecule has 0 fully saturated rings. The molecule has 0 radical (unpaired) electrons. The summed E-state index contributed by atoms with van der Waals surface area (Å²) in [6, 6.07) is 1.79. The Hall–Kier alpha value is -1.89. The van der Waals surface area contributed by atoms with E-state index in [4.69, 9.17) is 5.73 Å². The van der Waals surface area contributed by atoms with E-state index in [0.29, 0.717) is 23.8 Å². The maximum absolute atomic E-state index is 11.8. The van der Waals surface area contributed by atoms with Crippen LogP contribution >= 0.6 is 11.3 Å². The maximum atomic E-state index is 11.8. The highest BCUT2D eigenvalue weighted by atomic mass is 32.1. The summed E-state index contributed by atoms with van der Waals surface area (Å²) >= 11 is 1.41. The van der Waals surface area contributed by atoms with Gasteiger partial charge in [0.15, 0.2) is 5.13 Å². The number of rotatable bonds is 6. The molecule has 0 aliphatic rings. The molecule has 0 saturated heterocycles. The number of nitrogens with one attached hydrogen (secondary N) is 2. The molecule has 102 valence electrons. The number of amides is 1. The lowest BCUT2D eigenvalue weighted by molar-refractivity contribution is 0.0949. The second-order valence-electron chi connectivity index (χ2n) is 4.21. The van der Waals surface area contributed by atoms with Crippen LogP contribution in [0.3, 0.4) is 0 Å². The maximum Gasteiger partial charge on any atom is 0.271 e. The third-order valence-corrected chi connectivity index (χ3v) is 3.34. The molecule has 0 saturated carbocycles. The minimum atomic E-state index is -0.165. The standard InChI is InChI=1S/C12H17N5OS/c1-2-3-8-6-10(17-16-8)11(18)14-5-4-9-7-19-12(13)15-9/h6-7H,2-5H2,1H3,(H2,13,15)(H,14,18)(H,16,17). The molecule has 2 heterocycles. The van der Waals surface area contributed by atoms with Gasteiger partial charge in [-0.3, -0.25) is 9.89 Å². The van der Waals surface area contributed by atoms with Crippen LogP contribution in [-0.2, 0) is 12.8 Å². The normalized spacial score (nSPS) is 10.6. The van der Waals surface area contributed by atoms with E-state index in [1.807, 2.05) is 5.38 Å². The molecule has 2 rings (SSSR count). The zero-order chi connectivity index (χ0) is 13.7. The zero-order valence-electron chi connectivity index (χ0n) is 10.8. The van der Waals surface area contributed by atoms with Crippen LogP contribution in [0.25, 0.3) is 0 Å². The van der Waals surface area contributed by atoms with E-state index in [1.54, 1.807) is 6.07 Å². The minimum Gasteiger partial charge on any atom is -0.375 e. The Morgan fingerprint density at radius 1 is 1.53 bits per heavy atom. The number of nitrogens with zero attached hydrogens (tertiary/aromatic N) is 2. The first-order valence-electron chi connectivity index (χ1n) is 6.21. The van der Waals surface area contributed by atoms with Gasteiger partial charge in [0.1, 0.15) is 5.69 Å². The van der Waals surface area contributed by atoms with Crippen molar-refractivity contribution < 1.29 is 4.79 Å². The number of anilines is 1. The predicted molar refractivity (Wildman–Crippen MR) is 75.1 cm³/mol. The average molecular weight is 279 g/mol. The van der Waals surface area contributed by atoms with Crippen molar-refractivity contribution in [2.45, 2.75) is 26.2 Å². The monoisotopic (exact) mass is 279 g/mol. The summed E-state index contributed by atoms with van der Waals surface area (Å²) < 4.78 is 0. The summed E-state index contributed by atoms with van der Waals surface area (Å²) in [5.41, 5.74) is 7.86. The van der Waals surface area contributed by atoms with Gasteiger partial charge in [-0.2, -0.15) is 5.10 Å². The number of aromatic nitrogens is 3. The van der Waals surface area contributed by atoms with E-state index in [9.17, 15) is 4.79 Å². The SMILES string of the molecule is CCCc1cc(C(=O)NCCc2csc(N)n2)n[nH]1. The molecule has 0 unspecified atom stereocenters. The van der Waals surface area contributed by atoms with E-state index in [1.165, 1.54) is 11.3 Å². The van der Waals surface area contributed by atoms with Crippen LogP contribution < -0.4 is 11.1 Å². The molecule has 0 aliphatic heterocycles. The molecule has 19 heavy (non-hydrogen) atoms. The Bertz CT molecular complexity index is 548. The van der Waals surface area contributed by atoms with Gasteiger partial charge < -0.3 is 11.1 Å². The summed E-state index contributed by atoms with van der Waals surface area (Å²) in [6.07, 6.45) is 2.60. The van der Waals surface area contributed by atoms with Crippen LogP contribution in [0.5, 0.6) is 0 Å². The molecule has 0 bridgehead atoms. The first-order valence-corrected chi connectivity index (χ1v) is 7.09. The van der Waals surface area contributed by atoms with Crippen molar-refractivity contribution in [1.82, 2.24) is 20.5 Å². The molecule has 2 aromatic rings. The number of hydrogen-bond donors (Lipinski definition) is 3. The molecule has 0 aliphatic carbocycles. The number of aromatic amines is 1. The molecule has 0 spiro atoms. The minimum absolute atomic E-state index is 0.165. The lowest BCUT2D eigenvalue weighted by atomic mass is 10.2. The van der Waals surface area contributed by atoms with Crippen LogP contribution in [-0.4, -0.2) is 27.6 Å². The first-order chi connectivity index (χ1) is 9.19. The van der Waals surface area contributed by atoms with E-state index < -0.39 is 0 Å². The van der Waals surface area contributed by atoms with Gasteiger partial charge >= 0.3 is 0 Å². The Morgan fingerprint density at radius 2 is 2.37 bits per heavy atom. The van der Waals surface area contributed by atoms with Gasteiger partial charge in [0.2, 0.25) is 0 Å². The van der Waals surface area contributed by atoms with Gasteiger partial charge in [-0.1, -0.05) is 13.3 Å². The van der Waals surface area contributed by atoms with Crippen molar-refractivity contribution in [3.8, 4) is 0 Å². The molecule has 7 heteroatoms. The number of nitrogens with two attached hydrogens (primary N) is 1. The lowest BCUT2D eigenvalue weighted by Crippen LogP contribution is -2.26. The fourth-order valence-corrected chi connectivity index (χ4v) is 2.30. The van der Waals surface area contributed by atoms with Crippen LogP contribution in [0.2, 0.25) is 0 Å². The molecule has 1 amide bonds. The molecule has 6 nitrogen and oxygen atoms in total. The molecule has 2 aromatic heterocycles. The average Bonchev–Trinajstić information content (AvgIpc) is 2.99. The number of nitrogen functional groups attached to an aromatic ring is 1. The van der Waals surface area contributed by atoms with Gasteiger partial charge in [0, 0.05) is 24.0 Å². The number of hydrogen-bond acceptors (Lipinski definition) is 5. The largest absolute Gasteiger partial charge is 0.375 e. The second-order valence-corrected chi connectivity index (χ2v) is 5.10. The third kappa shape index (κ3) is 3.78. The molecule has 4 N–H and O–H groups in total. The van der Waals surface area contributed by atoms with Gasteiger partial charge in [0.25, 0.3) is 5.91 Å². The smallest absolute Gasteiger partial charge is 0.271 e. The van der Waals surface area contributed by atoms with E-state index >= 15 is 0 Å². The Labute approximate surface area is 115 Å². The number of aryl methyl sites for hydroxylation is 1. The number of carbonyl (C=O) groups is 1. The zero-order valence-corrected chi connectivity index (χ0v) is 11.6. The van der Waals surface area contributed by atoms with Crippen LogP contribution in [0.4, 0.5) is 5.13 Å². The number of thiazole rings is 1. The first kappa shape index (κ1) is 13.5. The summed E-state index contributed by atoms with van der Waals surface area (Å²) in [5, 5.41) is 12.1. The highest BCUT2D eigenvalue weighted by molar-refractivity contribution is 7.13. The highest BCUT2D eigenvalue weighted by Crippen LogP contribution is 2.10. The summed E-state index contributed by atoms with van der Waals surface area (Å²) in [5.74, 6) is -0.165. The summed E-state index contributed by atoms with van der Waals surface area (Å²) in [7, 11) is 0. The summed E-state index contributed by atoms with van der Waals surface area (Å²) in [4.78, 5) is 16.0. The van der Waals surface area contributed by atoms with Crippen LogP contribution in [0, 0.1) is 0 Å². The van der Waals surface area contributed by atoms with Crippen LogP contribution in [0.15, 0.2) is 11.4 Å². The van der Waals surface area contributed by atoms with Crippen molar-refractivity contribution >= 4 is 22.4 Å². The van der Waals surface area contributed by atoms with E-state index in [0.717, 1.165) is 24.2 Å². The fourth-order valence-electron chi connectivity index (χ4n) is 1.71. The third-order valence-electron chi connectivity index (χ3n) is 2.62. The topological polar surface area (TPSA) is 96.7 Å². The molecular weight excluding hydrogens is 262 g/mol. The van der Waals surface area contributed by atoms with E-state index in [-0.39, 0.29) is 5.91 Å². The van der Waals surface area contributed by atoms with Gasteiger partial charge in [-0.15, -0.1) is 11.3 Å². The lowest BCUT2D eigenvalue weighted by Gasteiger charge is -2.00. The van der Waals surface area contributed by atoms with E-state index in [2.05, 4.69) is 27.4 Å². The van der Waals surface area contributed by atoms with Crippen molar-refractivity contribution in [3.63, 3.8) is 0 Å². The van der Waals surface area contributed by atoms with Crippen molar-refractivity contribution in [2.24, 2.45) is 0 Å². The number of H-pyrrole nitrogens is 1. The predicted octanol–water partition coefficient (Wildman–Crippen LogP) is 1.37. The quantitative estimate of drug-likeness (QED) is 0.744. The number of carbonyl (C=O) groups excluding carboxylic acids is 1.